The van der Waals surface area contributed by atoms with Gasteiger partial charge in [0, 0.05) is 18.8 Å². The summed E-state index contributed by atoms with van der Waals surface area (Å²) < 4.78 is 0. The van der Waals surface area contributed by atoms with Crippen LogP contribution in [0.2, 0.25) is 0 Å². The maximum Gasteiger partial charge on any atom is 0.317 e. The number of rotatable bonds is 4. The molecule has 0 aromatic heterocycles. The minimum absolute atomic E-state index is 0.0222. The Balaban J connectivity index is 1.58. The van der Waals surface area contributed by atoms with Crippen LogP contribution in [0.4, 0.5) is 10.5 Å². The summed E-state index contributed by atoms with van der Waals surface area (Å²) in [6, 6.07) is 15.6. The minimum Gasteiger partial charge on any atom is -0.331 e. The molecule has 148 valence electrons. The van der Waals surface area contributed by atoms with Crippen molar-refractivity contribution in [1.29, 1.82) is 0 Å². The topological polar surface area (TPSA) is 61.4 Å². The summed E-state index contributed by atoms with van der Waals surface area (Å²) in [5, 5.41) is 6.04. The molecular weight excluding hydrogens is 350 g/mol. The van der Waals surface area contributed by atoms with Gasteiger partial charge in [0.05, 0.1) is 12.0 Å². The maximum absolute atomic E-state index is 12.8. The lowest BCUT2D eigenvalue weighted by Crippen LogP contribution is -2.48. The molecule has 0 aliphatic carbocycles. The summed E-state index contributed by atoms with van der Waals surface area (Å²) in [5.41, 5.74) is 4.26. The number of para-hydroxylation sites is 1. The zero-order valence-electron chi connectivity index (χ0n) is 16.9. The number of anilines is 1. The van der Waals surface area contributed by atoms with Crippen LogP contribution in [0, 0.1) is 19.8 Å². The number of likely N-dealkylation sites (tertiary alicyclic amines) is 1. The van der Waals surface area contributed by atoms with E-state index in [1.54, 1.807) is 4.90 Å². The van der Waals surface area contributed by atoms with E-state index in [-0.39, 0.29) is 23.9 Å². The number of nitrogens with zero attached hydrogens (tertiary/aromatic N) is 1. The number of carbonyl (C=O) groups excluding carboxylic acids is 2. The van der Waals surface area contributed by atoms with Crippen molar-refractivity contribution >= 4 is 17.6 Å². The molecule has 3 amide bonds. The smallest absolute Gasteiger partial charge is 0.317 e. The molecule has 2 atom stereocenters. The third kappa shape index (κ3) is 5.12. The third-order valence-electron chi connectivity index (χ3n) is 5.20. The standard InChI is InChI=1S/C23H29N3O2/c1-16-12-17(2)14-20(13-16)18(3)24-23(28)26-11-7-8-19(15-26)22(27)25-21-9-5-4-6-10-21/h4-6,9-10,12-14,18-19H,7-8,11,15H2,1-3H3,(H,24,28)(H,25,27). The Morgan fingerprint density at radius 2 is 1.75 bits per heavy atom. The summed E-state index contributed by atoms with van der Waals surface area (Å²) in [6.07, 6.45) is 1.63. The van der Waals surface area contributed by atoms with Gasteiger partial charge in [-0.15, -0.1) is 0 Å². The van der Waals surface area contributed by atoms with Crippen molar-refractivity contribution in [2.45, 2.75) is 39.7 Å². The fourth-order valence-corrected chi connectivity index (χ4v) is 3.76. The Hall–Kier alpha value is -2.82. The zero-order valence-corrected chi connectivity index (χ0v) is 16.9. The fraction of sp³-hybridized carbons (Fsp3) is 0.391. The molecule has 2 N–H and O–H groups in total. The predicted molar refractivity (Wildman–Crippen MR) is 112 cm³/mol. The number of urea groups is 1. The van der Waals surface area contributed by atoms with Crippen LogP contribution in [0.3, 0.4) is 0 Å². The van der Waals surface area contributed by atoms with Crippen molar-refractivity contribution in [2.24, 2.45) is 5.92 Å². The Bertz CT molecular complexity index is 815. The number of hydrogen-bond acceptors (Lipinski definition) is 2. The number of nitrogens with one attached hydrogen (secondary N) is 2. The van der Waals surface area contributed by atoms with Crippen LogP contribution in [0.5, 0.6) is 0 Å². The number of benzene rings is 2. The van der Waals surface area contributed by atoms with Crippen LogP contribution in [-0.2, 0) is 4.79 Å². The highest BCUT2D eigenvalue weighted by Gasteiger charge is 2.29. The molecule has 3 rings (SSSR count). The molecule has 0 bridgehead atoms. The van der Waals surface area contributed by atoms with E-state index >= 15 is 0 Å². The normalized spacial score (nSPS) is 17.7. The molecule has 5 nitrogen and oxygen atoms in total. The molecule has 5 heteroatoms. The zero-order chi connectivity index (χ0) is 20.1. The second-order valence-corrected chi connectivity index (χ2v) is 7.73. The van der Waals surface area contributed by atoms with E-state index in [0.29, 0.717) is 13.1 Å². The molecule has 28 heavy (non-hydrogen) atoms. The van der Waals surface area contributed by atoms with Crippen molar-refractivity contribution in [3.63, 3.8) is 0 Å². The van der Waals surface area contributed by atoms with Crippen LogP contribution in [0.25, 0.3) is 0 Å². The molecule has 0 radical (unpaired) electrons. The van der Waals surface area contributed by atoms with E-state index in [9.17, 15) is 9.59 Å². The lowest BCUT2D eigenvalue weighted by Gasteiger charge is -2.33. The quantitative estimate of drug-likeness (QED) is 0.826. The average Bonchev–Trinajstić information content (AvgIpc) is 2.68. The van der Waals surface area contributed by atoms with Gasteiger partial charge in [0.25, 0.3) is 0 Å². The number of amides is 3. The van der Waals surface area contributed by atoms with Gasteiger partial charge in [-0.05, 0) is 51.3 Å². The molecule has 1 saturated heterocycles. The highest BCUT2D eigenvalue weighted by molar-refractivity contribution is 5.93. The first-order chi connectivity index (χ1) is 13.4. The molecule has 1 aliphatic rings. The van der Waals surface area contributed by atoms with Crippen molar-refractivity contribution in [1.82, 2.24) is 10.2 Å². The van der Waals surface area contributed by atoms with Crippen molar-refractivity contribution < 1.29 is 9.59 Å². The van der Waals surface area contributed by atoms with Gasteiger partial charge in [-0.3, -0.25) is 4.79 Å². The number of carbonyl (C=O) groups is 2. The Morgan fingerprint density at radius 3 is 2.43 bits per heavy atom. The second kappa shape index (κ2) is 8.91. The largest absolute Gasteiger partial charge is 0.331 e. The van der Waals surface area contributed by atoms with E-state index < -0.39 is 0 Å². The Kier molecular flexibility index (Phi) is 6.34. The number of hydrogen-bond donors (Lipinski definition) is 2. The molecule has 1 heterocycles. The van der Waals surface area contributed by atoms with Gasteiger partial charge >= 0.3 is 6.03 Å². The van der Waals surface area contributed by atoms with Crippen molar-refractivity contribution in [3.05, 3.63) is 65.2 Å². The van der Waals surface area contributed by atoms with Crippen LogP contribution >= 0.6 is 0 Å². The highest BCUT2D eigenvalue weighted by atomic mass is 16.2. The molecule has 0 saturated carbocycles. The summed E-state index contributed by atoms with van der Waals surface area (Å²) in [5.74, 6) is -0.206. The molecule has 2 aromatic rings. The van der Waals surface area contributed by atoms with E-state index in [1.807, 2.05) is 37.3 Å². The van der Waals surface area contributed by atoms with Crippen LogP contribution in [0.15, 0.2) is 48.5 Å². The molecular formula is C23H29N3O2. The monoisotopic (exact) mass is 379 g/mol. The van der Waals surface area contributed by atoms with Crippen LogP contribution < -0.4 is 10.6 Å². The second-order valence-electron chi connectivity index (χ2n) is 7.73. The fourth-order valence-electron chi connectivity index (χ4n) is 3.76. The summed E-state index contributed by atoms with van der Waals surface area (Å²) in [7, 11) is 0. The van der Waals surface area contributed by atoms with Gasteiger partial charge in [-0.2, -0.15) is 0 Å². The Morgan fingerprint density at radius 1 is 1.07 bits per heavy atom. The van der Waals surface area contributed by atoms with Crippen molar-refractivity contribution in [2.75, 3.05) is 18.4 Å². The van der Waals surface area contributed by atoms with Gasteiger partial charge in [0.2, 0.25) is 5.91 Å². The first-order valence-electron chi connectivity index (χ1n) is 9.92. The van der Waals surface area contributed by atoms with Gasteiger partial charge in [-0.25, -0.2) is 4.79 Å². The summed E-state index contributed by atoms with van der Waals surface area (Å²) >= 11 is 0. The van der Waals surface area contributed by atoms with Gasteiger partial charge in [0.1, 0.15) is 0 Å². The summed E-state index contributed by atoms with van der Waals surface area (Å²) in [6.45, 7) is 7.25. The third-order valence-corrected chi connectivity index (χ3v) is 5.20. The number of aryl methyl sites for hydroxylation is 2. The average molecular weight is 380 g/mol. The van der Waals surface area contributed by atoms with E-state index in [1.165, 1.54) is 11.1 Å². The number of piperidine rings is 1. The molecule has 1 fully saturated rings. The minimum atomic E-state index is -0.184. The van der Waals surface area contributed by atoms with Gasteiger partial charge in [-0.1, -0.05) is 47.5 Å². The Labute approximate surface area is 167 Å². The predicted octanol–water partition coefficient (Wildman–Crippen LogP) is 4.42. The van der Waals surface area contributed by atoms with Gasteiger partial charge in [0.15, 0.2) is 0 Å². The van der Waals surface area contributed by atoms with Crippen molar-refractivity contribution in [3.8, 4) is 0 Å². The first-order valence-corrected chi connectivity index (χ1v) is 9.92. The summed E-state index contributed by atoms with van der Waals surface area (Å²) in [4.78, 5) is 27.1. The molecule has 2 unspecified atom stereocenters. The molecule has 0 spiro atoms. The molecule has 2 aromatic carbocycles. The lowest BCUT2D eigenvalue weighted by atomic mass is 9.97. The highest BCUT2D eigenvalue weighted by Crippen LogP contribution is 2.21. The maximum atomic E-state index is 12.8. The van der Waals surface area contributed by atoms with E-state index in [2.05, 4.69) is 42.7 Å². The van der Waals surface area contributed by atoms with Crippen LogP contribution in [-0.4, -0.2) is 29.9 Å². The van der Waals surface area contributed by atoms with E-state index in [4.69, 9.17) is 0 Å². The lowest BCUT2D eigenvalue weighted by molar-refractivity contribution is -0.121. The molecule has 1 aliphatic heterocycles. The first kappa shape index (κ1) is 19.9. The SMILES string of the molecule is Cc1cc(C)cc(C(C)NC(=O)N2CCCC(C(=O)Nc3ccccc3)C2)c1. The van der Waals surface area contributed by atoms with E-state index in [0.717, 1.165) is 24.1 Å². The van der Waals surface area contributed by atoms with Gasteiger partial charge < -0.3 is 15.5 Å². The van der Waals surface area contributed by atoms with Crippen LogP contribution in [0.1, 0.15) is 42.5 Å².